The van der Waals surface area contributed by atoms with Gasteiger partial charge in [0, 0.05) is 13.1 Å². The Morgan fingerprint density at radius 1 is 1.43 bits per heavy atom. The summed E-state index contributed by atoms with van der Waals surface area (Å²) >= 11 is 0. The van der Waals surface area contributed by atoms with E-state index in [4.69, 9.17) is 4.74 Å². The van der Waals surface area contributed by atoms with Crippen LogP contribution in [0.1, 0.15) is 60.8 Å². The molecule has 0 aromatic heterocycles. The van der Waals surface area contributed by atoms with Crippen molar-refractivity contribution in [1.82, 2.24) is 10.2 Å². The molecular weight excluding hydrogens is 288 g/mol. The summed E-state index contributed by atoms with van der Waals surface area (Å²) in [6.45, 7) is 15.7. The molecule has 0 radical (unpaired) electrons. The lowest BCUT2D eigenvalue weighted by Crippen LogP contribution is -2.38. The third-order valence-corrected chi connectivity index (χ3v) is 4.13. The van der Waals surface area contributed by atoms with Gasteiger partial charge >= 0.3 is 6.09 Å². The summed E-state index contributed by atoms with van der Waals surface area (Å²) in [4.78, 5) is 13.8. The highest BCUT2D eigenvalue weighted by Gasteiger charge is 2.21. The maximum absolute atomic E-state index is 12.1. The SMILES string of the molecule is CCN(CCCNCC1CC(C)=CC(C)C1)C(=O)OC(C)(C)C. The molecule has 2 unspecified atom stereocenters. The minimum Gasteiger partial charge on any atom is -0.444 e. The minimum absolute atomic E-state index is 0.207. The van der Waals surface area contributed by atoms with Gasteiger partial charge in [0.15, 0.2) is 0 Å². The van der Waals surface area contributed by atoms with Crippen LogP contribution >= 0.6 is 0 Å². The van der Waals surface area contributed by atoms with Gasteiger partial charge in [-0.05, 0) is 78.8 Å². The molecule has 1 amide bonds. The smallest absolute Gasteiger partial charge is 0.410 e. The lowest BCUT2D eigenvalue weighted by Gasteiger charge is -2.27. The Kier molecular flexibility index (Phi) is 8.10. The Morgan fingerprint density at radius 2 is 2.13 bits per heavy atom. The largest absolute Gasteiger partial charge is 0.444 e. The predicted octanol–water partition coefficient (Wildman–Crippen LogP) is 4.22. The molecule has 1 N–H and O–H groups in total. The first-order valence-corrected chi connectivity index (χ1v) is 9.07. The molecule has 0 fully saturated rings. The molecule has 4 nitrogen and oxygen atoms in total. The van der Waals surface area contributed by atoms with Crippen molar-refractivity contribution in [2.45, 2.75) is 66.4 Å². The van der Waals surface area contributed by atoms with E-state index in [0.717, 1.165) is 32.0 Å². The first-order chi connectivity index (χ1) is 10.7. The van der Waals surface area contributed by atoms with Crippen LogP contribution in [0.15, 0.2) is 11.6 Å². The summed E-state index contributed by atoms with van der Waals surface area (Å²) in [5.41, 5.74) is 1.10. The van der Waals surface area contributed by atoms with E-state index in [2.05, 4.69) is 25.2 Å². The van der Waals surface area contributed by atoms with Crippen molar-refractivity contribution in [2.24, 2.45) is 11.8 Å². The monoisotopic (exact) mass is 324 g/mol. The van der Waals surface area contributed by atoms with E-state index in [1.54, 1.807) is 4.90 Å². The minimum atomic E-state index is -0.425. The lowest BCUT2D eigenvalue weighted by atomic mass is 9.84. The molecule has 0 bridgehead atoms. The van der Waals surface area contributed by atoms with Crippen molar-refractivity contribution in [3.8, 4) is 0 Å². The molecule has 1 aliphatic carbocycles. The number of hydrogen-bond acceptors (Lipinski definition) is 3. The molecule has 0 saturated carbocycles. The van der Waals surface area contributed by atoms with Gasteiger partial charge in [0.1, 0.15) is 5.60 Å². The Labute approximate surface area is 142 Å². The van der Waals surface area contributed by atoms with Gasteiger partial charge in [-0.1, -0.05) is 18.6 Å². The summed E-state index contributed by atoms with van der Waals surface area (Å²) in [6.07, 6.45) is 5.65. The number of carbonyl (C=O) groups is 1. The Hall–Kier alpha value is -1.03. The second-order valence-corrected chi connectivity index (χ2v) is 7.91. The first-order valence-electron chi connectivity index (χ1n) is 9.07. The fourth-order valence-corrected chi connectivity index (χ4v) is 3.25. The quantitative estimate of drug-likeness (QED) is 0.563. The number of amides is 1. The van der Waals surface area contributed by atoms with Gasteiger partial charge in [0.25, 0.3) is 0 Å². The topological polar surface area (TPSA) is 41.6 Å². The number of hydrogen-bond donors (Lipinski definition) is 1. The van der Waals surface area contributed by atoms with Gasteiger partial charge in [-0.15, -0.1) is 0 Å². The molecule has 23 heavy (non-hydrogen) atoms. The molecular formula is C19H36N2O2. The number of carbonyl (C=O) groups excluding carboxylic acids is 1. The van der Waals surface area contributed by atoms with Gasteiger partial charge in [0.05, 0.1) is 0 Å². The summed E-state index contributed by atoms with van der Waals surface area (Å²) in [5.74, 6) is 1.46. The van der Waals surface area contributed by atoms with Gasteiger partial charge < -0.3 is 15.0 Å². The zero-order valence-electron chi connectivity index (χ0n) is 15.9. The van der Waals surface area contributed by atoms with E-state index in [9.17, 15) is 4.79 Å². The summed E-state index contributed by atoms with van der Waals surface area (Å²) in [7, 11) is 0. The summed E-state index contributed by atoms with van der Waals surface area (Å²) in [6, 6.07) is 0. The number of rotatable bonds is 7. The molecule has 0 saturated heterocycles. The average molecular weight is 325 g/mol. The number of nitrogens with one attached hydrogen (secondary N) is 1. The third kappa shape index (κ3) is 8.40. The fraction of sp³-hybridized carbons (Fsp3) is 0.842. The van der Waals surface area contributed by atoms with Gasteiger partial charge in [0.2, 0.25) is 0 Å². The van der Waals surface area contributed by atoms with Crippen LogP contribution in [-0.4, -0.2) is 42.8 Å². The second-order valence-electron chi connectivity index (χ2n) is 7.91. The maximum Gasteiger partial charge on any atom is 0.410 e. The van der Waals surface area contributed by atoms with Gasteiger partial charge in [-0.3, -0.25) is 0 Å². The number of nitrogens with zero attached hydrogens (tertiary/aromatic N) is 1. The highest BCUT2D eigenvalue weighted by atomic mass is 16.6. The molecule has 1 aliphatic rings. The molecule has 0 aliphatic heterocycles. The molecule has 0 spiro atoms. The molecule has 1 rings (SSSR count). The molecule has 4 heteroatoms. The van der Waals surface area contributed by atoms with E-state index in [1.165, 1.54) is 18.4 Å². The zero-order chi connectivity index (χ0) is 17.5. The van der Waals surface area contributed by atoms with Crippen LogP contribution in [0.2, 0.25) is 0 Å². The molecule has 2 atom stereocenters. The van der Waals surface area contributed by atoms with Gasteiger partial charge in [-0.2, -0.15) is 0 Å². The molecule has 0 aromatic carbocycles. The van der Waals surface area contributed by atoms with E-state index in [0.29, 0.717) is 12.5 Å². The number of ether oxygens (including phenoxy) is 1. The average Bonchev–Trinajstić information content (AvgIpc) is 2.39. The highest BCUT2D eigenvalue weighted by molar-refractivity contribution is 5.68. The summed E-state index contributed by atoms with van der Waals surface area (Å²) < 4.78 is 5.43. The summed E-state index contributed by atoms with van der Waals surface area (Å²) in [5, 5.41) is 3.56. The first kappa shape index (κ1) is 20.0. The van der Waals surface area contributed by atoms with Crippen molar-refractivity contribution in [2.75, 3.05) is 26.2 Å². The Balaban J connectivity index is 2.20. The maximum atomic E-state index is 12.1. The van der Waals surface area contributed by atoms with Crippen LogP contribution < -0.4 is 5.32 Å². The fourth-order valence-electron chi connectivity index (χ4n) is 3.25. The van der Waals surface area contributed by atoms with Crippen molar-refractivity contribution in [3.05, 3.63) is 11.6 Å². The number of allylic oxidation sites excluding steroid dienone is 2. The molecule has 134 valence electrons. The van der Waals surface area contributed by atoms with Crippen molar-refractivity contribution in [1.29, 1.82) is 0 Å². The van der Waals surface area contributed by atoms with Gasteiger partial charge in [-0.25, -0.2) is 4.79 Å². The highest BCUT2D eigenvalue weighted by Crippen LogP contribution is 2.27. The van der Waals surface area contributed by atoms with Crippen LogP contribution in [0.25, 0.3) is 0 Å². The normalized spacial score (nSPS) is 21.7. The van der Waals surface area contributed by atoms with Crippen molar-refractivity contribution >= 4 is 6.09 Å². The standard InChI is InChI=1S/C19H36N2O2/c1-7-21(18(22)23-19(4,5)6)10-8-9-20-14-17-12-15(2)11-16(3)13-17/h11,15,17,20H,7-10,12-14H2,1-6H3. The van der Waals surface area contributed by atoms with Crippen LogP contribution in [0.5, 0.6) is 0 Å². The van der Waals surface area contributed by atoms with Crippen LogP contribution in [-0.2, 0) is 4.74 Å². The zero-order valence-corrected chi connectivity index (χ0v) is 15.9. The van der Waals surface area contributed by atoms with Crippen LogP contribution in [0.4, 0.5) is 4.79 Å². The third-order valence-electron chi connectivity index (χ3n) is 4.13. The lowest BCUT2D eigenvalue weighted by molar-refractivity contribution is 0.0258. The van der Waals surface area contributed by atoms with E-state index < -0.39 is 5.60 Å². The predicted molar refractivity (Wildman–Crippen MR) is 96.6 cm³/mol. The van der Waals surface area contributed by atoms with Crippen molar-refractivity contribution in [3.63, 3.8) is 0 Å². The Morgan fingerprint density at radius 3 is 2.70 bits per heavy atom. The van der Waals surface area contributed by atoms with E-state index >= 15 is 0 Å². The van der Waals surface area contributed by atoms with Crippen LogP contribution in [0.3, 0.4) is 0 Å². The van der Waals surface area contributed by atoms with E-state index in [1.807, 2.05) is 27.7 Å². The molecule has 0 heterocycles. The van der Waals surface area contributed by atoms with E-state index in [-0.39, 0.29) is 6.09 Å². The second kappa shape index (κ2) is 9.31. The Bertz CT molecular complexity index is 399. The molecule has 0 aromatic rings. The van der Waals surface area contributed by atoms with Crippen molar-refractivity contribution < 1.29 is 9.53 Å². The van der Waals surface area contributed by atoms with Crippen LogP contribution in [0, 0.1) is 11.8 Å².